The molecule has 5 heteroatoms. The average molecular weight is 322 g/mol. The van der Waals surface area contributed by atoms with Crippen LogP contribution in [0, 0.1) is 19.7 Å². The minimum atomic E-state index is -0.690. The molecule has 0 unspecified atom stereocenters. The first kappa shape index (κ1) is 16.3. The van der Waals surface area contributed by atoms with Crippen molar-refractivity contribution in [1.82, 2.24) is 0 Å². The standard InChI is InChI=1S/C17H17ClFNO2/c1-10-4-7-16(11(2)8-10)22-12(3)17(21)20-13-5-6-15(19)14(18)9-13/h4-9,12H,1-3H3,(H,20,21)/t12-/m0/s1. The number of ether oxygens (including phenoxy) is 1. The smallest absolute Gasteiger partial charge is 0.265 e. The molecule has 1 atom stereocenters. The second kappa shape index (κ2) is 6.79. The van der Waals surface area contributed by atoms with Gasteiger partial charge >= 0.3 is 0 Å². The van der Waals surface area contributed by atoms with Gasteiger partial charge in [-0.2, -0.15) is 0 Å². The maximum absolute atomic E-state index is 13.1. The molecule has 2 aromatic rings. The van der Waals surface area contributed by atoms with Gasteiger partial charge in [0.25, 0.3) is 5.91 Å². The number of anilines is 1. The van der Waals surface area contributed by atoms with Gasteiger partial charge in [-0.1, -0.05) is 29.3 Å². The summed E-state index contributed by atoms with van der Waals surface area (Å²) in [6, 6.07) is 9.75. The highest BCUT2D eigenvalue weighted by atomic mass is 35.5. The summed E-state index contributed by atoms with van der Waals surface area (Å²) in [5.74, 6) is -0.202. The number of hydrogen-bond donors (Lipinski definition) is 1. The molecule has 0 fully saturated rings. The van der Waals surface area contributed by atoms with Gasteiger partial charge in [-0.25, -0.2) is 4.39 Å². The van der Waals surface area contributed by atoms with E-state index in [4.69, 9.17) is 16.3 Å². The minimum Gasteiger partial charge on any atom is -0.481 e. The Balaban J connectivity index is 2.04. The van der Waals surface area contributed by atoms with Gasteiger partial charge in [0.1, 0.15) is 11.6 Å². The number of aryl methyl sites for hydroxylation is 2. The van der Waals surface area contributed by atoms with Crippen LogP contribution in [0.25, 0.3) is 0 Å². The monoisotopic (exact) mass is 321 g/mol. The first-order valence-electron chi connectivity index (χ1n) is 6.86. The number of hydrogen-bond acceptors (Lipinski definition) is 2. The quantitative estimate of drug-likeness (QED) is 0.900. The molecule has 0 spiro atoms. The fraction of sp³-hybridized carbons (Fsp3) is 0.235. The zero-order chi connectivity index (χ0) is 16.3. The van der Waals surface area contributed by atoms with Crippen LogP contribution < -0.4 is 10.1 Å². The van der Waals surface area contributed by atoms with Crippen LogP contribution in [0.5, 0.6) is 5.75 Å². The van der Waals surface area contributed by atoms with Crippen LogP contribution in [-0.4, -0.2) is 12.0 Å². The molecule has 0 radical (unpaired) electrons. The van der Waals surface area contributed by atoms with Crippen molar-refractivity contribution in [2.75, 3.05) is 5.32 Å². The molecule has 0 aliphatic rings. The molecular weight excluding hydrogens is 305 g/mol. The number of rotatable bonds is 4. The summed E-state index contributed by atoms with van der Waals surface area (Å²) in [4.78, 5) is 12.1. The van der Waals surface area contributed by atoms with Gasteiger partial charge < -0.3 is 10.1 Å². The Hall–Kier alpha value is -2.07. The Labute approximate surface area is 134 Å². The van der Waals surface area contributed by atoms with Crippen LogP contribution in [0.1, 0.15) is 18.1 Å². The van der Waals surface area contributed by atoms with Crippen LogP contribution in [0.3, 0.4) is 0 Å². The van der Waals surface area contributed by atoms with Crippen LogP contribution in [0.4, 0.5) is 10.1 Å². The Morgan fingerprint density at radius 3 is 2.59 bits per heavy atom. The summed E-state index contributed by atoms with van der Waals surface area (Å²) in [5.41, 5.74) is 2.51. The van der Waals surface area contributed by atoms with Gasteiger partial charge in [0.2, 0.25) is 0 Å². The zero-order valence-corrected chi connectivity index (χ0v) is 13.4. The van der Waals surface area contributed by atoms with Gasteiger partial charge in [0, 0.05) is 5.69 Å². The van der Waals surface area contributed by atoms with Crippen molar-refractivity contribution in [2.45, 2.75) is 26.9 Å². The van der Waals surface area contributed by atoms with E-state index >= 15 is 0 Å². The highest BCUT2D eigenvalue weighted by Crippen LogP contribution is 2.22. The van der Waals surface area contributed by atoms with E-state index in [1.165, 1.54) is 18.2 Å². The summed E-state index contributed by atoms with van der Waals surface area (Å²) < 4.78 is 18.8. The van der Waals surface area contributed by atoms with Crippen molar-refractivity contribution < 1.29 is 13.9 Å². The van der Waals surface area contributed by atoms with Gasteiger partial charge in [-0.3, -0.25) is 4.79 Å². The number of nitrogens with one attached hydrogen (secondary N) is 1. The van der Waals surface area contributed by atoms with Crippen molar-refractivity contribution in [2.24, 2.45) is 0 Å². The van der Waals surface area contributed by atoms with Crippen molar-refractivity contribution in [3.05, 3.63) is 58.4 Å². The molecular formula is C17H17ClFNO2. The first-order chi connectivity index (χ1) is 10.4. The van der Waals surface area contributed by atoms with E-state index in [9.17, 15) is 9.18 Å². The molecule has 0 aromatic heterocycles. The molecule has 1 amide bonds. The first-order valence-corrected chi connectivity index (χ1v) is 7.24. The summed E-state index contributed by atoms with van der Waals surface area (Å²) in [6.07, 6.45) is -0.690. The van der Waals surface area contributed by atoms with E-state index < -0.39 is 11.9 Å². The average Bonchev–Trinajstić information content (AvgIpc) is 2.45. The van der Waals surface area contributed by atoms with E-state index in [1.54, 1.807) is 6.92 Å². The second-order valence-corrected chi connectivity index (χ2v) is 5.55. The van der Waals surface area contributed by atoms with Crippen LogP contribution >= 0.6 is 11.6 Å². The molecule has 0 saturated heterocycles. The third kappa shape index (κ3) is 3.98. The highest BCUT2D eigenvalue weighted by Gasteiger charge is 2.16. The van der Waals surface area contributed by atoms with E-state index in [0.29, 0.717) is 11.4 Å². The lowest BCUT2D eigenvalue weighted by molar-refractivity contribution is -0.122. The molecule has 3 nitrogen and oxygen atoms in total. The van der Waals surface area contributed by atoms with Crippen LogP contribution in [0.15, 0.2) is 36.4 Å². The van der Waals surface area contributed by atoms with Gasteiger partial charge in [-0.05, 0) is 50.6 Å². The molecule has 0 heterocycles. The van der Waals surface area contributed by atoms with E-state index in [-0.39, 0.29) is 10.9 Å². The lowest BCUT2D eigenvalue weighted by Gasteiger charge is -2.16. The highest BCUT2D eigenvalue weighted by molar-refractivity contribution is 6.31. The zero-order valence-electron chi connectivity index (χ0n) is 12.6. The topological polar surface area (TPSA) is 38.3 Å². The van der Waals surface area contributed by atoms with E-state index in [2.05, 4.69) is 5.32 Å². The minimum absolute atomic E-state index is 0.0410. The molecule has 0 bridgehead atoms. The predicted octanol–water partition coefficient (Wildman–Crippen LogP) is 4.50. The van der Waals surface area contributed by atoms with Crippen molar-refractivity contribution >= 4 is 23.2 Å². The molecule has 1 N–H and O–H groups in total. The van der Waals surface area contributed by atoms with Crippen molar-refractivity contribution in [3.8, 4) is 5.75 Å². The number of carbonyl (C=O) groups excluding carboxylic acids is 1. The SMILES string of the molecule is Cc1ccc(O[C@@H](C)C(=O)Nc2ccc(F)c(Cl)c2)c(C)c1. The number of amides is 1. The molecule has 0 aliphatic carbocycles. The maximum Gasteiger partial charge on any atom is 0.265 e. The molecule has 0 saturated carbocycles. The normalized spacial score (nSPS) is 11.9. The van der Waals surface area contributed by atoms with Crippen molar-refractivity contribution in [1.29, 1.82) is 0 Å². The Morgan fingerprint density at radius 2 is 1.95 bits per heavy atom. The number of carbonyl (C=O) groups is 1. The lowest BCUT2D eigenvalue weighted by atomic mass is 10.1. The van der Waals surface area contributed by atoms with E-state index in [0.717, 1.165) is 11.1 Å². The molecule has 116 valence electrons. The van der Waals surface area contributed by atoms with Crippen LogP contribution in [0.2, 0.25) is 5.02 Å². The molecule has 0 aliphatic heterocycles. The fourth-order valence-corrected chi connectivity index (χ4v) is 2.17. The Morgan fingerprint density at radius 1 is 1.23 bits per heavy atom. The summed E-state index contributed by atoms with van der Waals surface area (Å²) in [7, 11) is 0. The lowest BCUT2D eigenvalue weighted by Crippen LogP contribution is -2.30. The Kier molecular flexibility index (Phi) is 5.03. The molecule has 22 heavy (non-hydrogen) atoms. The summed E-state index contributed by atoms with van der Waals surface area (Å²) >= 11 is 5.68. The van der Waals surface area contributed by atoms with Crippen LogP contribution in [-0.2, 0) is 4.79 Å². The summed E-state index contributed by atoms with van der Waals surface area (Å²) in [6.45, 7) is 5.57. The predicted molar refractivity (Wildman–Crippen MR) is 86.0 cm³/mol. The van der Waals surface area contributed by atoms with Gasteiger partial charge in [0.15, 0.2) is 6.10 Å². The molecule has 2 rings (SSSR count). The third-order valence-electron chi connectivity index (χ3n) is 3.19. The molecule has 2 aromatic carbocycles. The third-order valence-corrected chi connectivity index (χ3v) is 3.48. The maximum atomic E-state index is 13.1. The van der Waals surface area contributed by atoms with E-state index in [1.807, 2.05) is 32.0 Å². The number of benzene rings is 2. The number of halogens is 2. The fourth-order valence-electron chi connectivity index (χ4n) is 1.99. The van der Waals surface area contributed by atoms with Crippen molar-refractivity contribution in [3.63, 3.8) is 0 Å². The summed E-state index contributed by atoms with van der Waals surface area (Å²) in [5, 5.41) is 2.60. The largest absolute Gasteiger partial charge is 0.481 e. The van der Waals surface area contributed by atoms with Gasteiger partial charge in [0.05, 0.1) is 5.02 Å². The Bertz CT molecular complexity index is 703. The second-order valence-electron chi connectivity index (χ2n) is 5.15. The van der Waals surface area contributed by atoms with Gasteiger partial charge in [-0.15, -0.1) is 0 Å².